The van der Waals surface area contributed by atoms with Crippen molar-refractivity contribution in [1.82, 2.24) is 5.32 Å². The van der Waals surface area contributed by atoms with Crippen molar-refractivity contribution in [2.75, 3.05) is 13.2 Å². The molecule has 0 aromatic heterocycles. The standard InChI is InChI=1S/C12H15BrFNO2/c1-3-15-11(12(16)17-4-2)9-7-8(13)5-6-10(9)14/h5-7,11,15H,3-4H2,1-2H3. The Balaban J connectivity index is 3.04. The molecule has 17 heavy (non-hydrogen) atoms. The molecule has 0 radical (unpaired) electrons. The maximum absolute atomic E-state index is 13.7. The Morgan fingerprint density at radius 1 is 1.53 bits per heavy atom. The second-order valence-corrected chi connectivity index (χ2v) is 4.32. The molecule has 1 aromatic rings. The highest BCUT2D eigenvalue weighted by Gasteiger charge is 2.24. The number of ether oxygens (including phenoxy) is 1. The van der Waals surface area contributed by atoms with Gasteiger partial charge in [-0.05, 0) is 31.7 Å². The summed E-state index contributed by atoms with van der Waals surface area (Å²) in [4.78, 5) is 11.7. The predicted octanol–water partition coefficient (Wildman–Crippen LogP) is 2.80. The van der Waals surface area contributed by atoms with Crippen molar-refractivity contribution in [3.8, 4) is 0 Å². The number of likely N-dealkylation sites (N-methyl/N-ethyl adjacent to an activating group) is 1. The lowest BCUT2D eigenvalue weighted by atomic mass is 10.1. The molecule has 0 spiro atoms. The number of carbonyl (C=O) groups is 1. The topological polar surface area (TPSA) is 38.3 Å². The Morgan fingerprint density at radius 3 is 2.82 bits per heavy atom. The molecule has 0 saturated heterocycles. The highest BCUT2D eigenvalue weighted by Crippen LogP contribution is 2.22. The average molecular weight is 304 g/mol. The van der Waals surface area contributed by atoms with E-state index in [9.17, 15) is 9.18 Å². The second kappa shape index (κ2) is 6.71. The molecule has 1 N–H and O–H groups in total. The molecule has 1 aromatic carbocycles. The van der Waals surface area contributed by atoms with Crippen LogP contribution in [-0.2, 0) is 9.53 Å². The van der Waals surface area contributed by atoms with Gasteiger partial charge in [0.1, 0.15) is 11.9 Å². The number of nitrogens with one attached hydrogen (secondary N) is 1. The first-order chi connectivity index (χ1) is 8.10. The van der Waals surface area contributed by atoms with Gasteiger partial charge >= 0.3 is 5.97 Å². The molecule has 0 aliphatic carbocycles. The Bertz CT molecular complexity index is 398. The number of carbonyl (C=O) groups excluding carboxylic acids is 1. The fourth-order valence-corrected chi connectivity index (χ4v) is 1.86. The van der Waals surface area contributed by atoms with E-state index in [0.717, 1.165) is 4.47 Å². The van der Waals surface area contributed by atoms with Crippen molar-refractivity contribution < 1.29 is 13.9 Å². The summed E-state index contributed by atoms with van der Waals surface area (Å²) in [5, 5.41) is 2.92. The van der Waals surface area contributed by atoms with Gasteiger partial charge in [-0.15, -0.1) is 0 Å². The molecule has 1 atom stereocenters. The first-order valence-corrected chi connectivity index (χ1v) is 6.24. The Hall–Kier alpha value is -0.940. The van der Waals surface area contributed by atoms with E-state index in [2.05, 4.69) is 21.2 Å². The summed E-state index contributed by atoms with van der Waals surface area (Å²) in [6.07, 6.45) is 0. The van der Waals surface area contributed by atoms with Gasteiger partial charge in [0.05, 0.1) is 6.61 Å². The lowest BCUT2D eigenvalue weighted by Gasteiger charge is -2.17. The van der Waals surface area contributed by atoms with E-state index in [1.165, 1.54) is 6.07 Å². The number of benzene rings is 1. The minimum Gasteiger partial charge on any atom is -0.465 e. The number of rotatable bonds is 5. The Labute approximate surface area is 108 Å². The van der Waals surface area contributed by atoms with Crippen LogP contribution in [0.25, 0.3) is 0 Å². The van der Waals surface area contributed by atoms with Crippen molar-refractivity contribution in [1.29, 1.82) is 0 Å². The SMILES string of the molecule is CCNC(C(=O)OCC)c1cc(Br)ccc1F. The van der Waals surface area contributed by atoms with Crippen molar-refractivity contribution in [3.05, 3.63) is 34.1 Å². The van der Waals surface area contributed by atoms with Crippen LogP contribution >= 0.6 is 15.9 Å². The molecule has 5 heteroatoms. The zero-order valence-electron chi connectivity index (χ0n) is 9.80. The van der Waals surface area contributed by atoms with Crippen LogP contribution in [0.5, 0.6) is 0 Å². The van der Waals surface area contributed by atoms with Gasteiger partial charge in [0.25, 0.3) is 0 Å². The maximum atomic E-state index is 13.7. The monoisotopic (exact) mass is 303 g/mol. The first-order valence-electron chi connectivity index (χ1n) is 5.45. The van der Waals surface area contributed by atoms with Gasteiger partial charge in [-0.1, -0.05) is 22.9 Å². The summed E-state index contributed by atoms with van der Waals surface area (Å²) < 4.78 is 19.3. The van der Waals surface area contributed by atoms with Crippen LogP contribution < -0.4 is 5.32 Å². The summed E-state index contributed by atoms with van der Waals surface area (Å²) in [5.41, 5.74) is 0.291. The number of esters is 1. The minimum atomic E-state index is -0.766. The summed E-state index contributed by atoms with van der Waals surface area (Å²) in [7, 11) is 0. The smallest absolute Gasteiger partial charge is 0.327 e. The maximum Gasteiger partial charge on any atom is 0.327 e. The largest absolute Gasteiger partial charge is 0.465 e. The predicted molar refractivity (Wildman–Crippen MR) is 67.2 cm³/mol. The van der Waals surface area contributed by atoms with Crippen LogP contribution in [0.15, 0.2) is 22.7 Å². The van der Waals surface area contributed by atoms with E-state index in [1.807, 2.05) is 6.92 Å². The van der Waals surface area contributed by atoms with E-state index in [1.54, 1.807) is 19.1 Å². The van der Waals surface area contributed by atoms with E-state index < -0.39 is 17.8 Å². The molecule has 0 saturated carbocycles. The van der Waals surface area contributed by atoms with Crippen molar-refractivity contribution in [2.24, 2.45) is 0 Å². The van der Waals surface area contributed by atoms with E-state index in [0.29, 0.717) is 12.1 Å². The zero-order valence-corrected chi connectivity index (χ0v) is 11.4. The second-order valence-electron chi connectivity index (χ2n) is 3.41. The molecule has 0 fully saturated rings. The Kier molecular flexibility index (Phi) is 5.58. The normalized spacial score (nSPS) is 12.2. The number of hydrogen-bond acceptors (Lipinski definition) is 3. The third-order valence-electron chi connectivity index (χ3n) is 2.20. The van der Waals surface area contributed by atoms with Crippen LogP contribution in [0.1, 0.15) is 25.5 Å². The van der Waals surface area contributed by atoms with Crippen LogP contribution in [0.3, 0.4) is 0 Å². The molecule has 0 aliphatic heterocycles. The molecule has 3 nitrogen and oxygen atoms in total. The summed E-state index contributed by atoms with van der Waals surface area (Å²) in [5.74, 6) is -0.890. The summed E-state index contributed by atoms with van der Waals surface area (Å²) in [6, 6.07) is 3.73. The lowest BCUT2D eigenvalue weighted by molar-refractivity contribution is -0.145. The van der Waals surface area contributed by atoms with Crippen LogP contribution in [0, 0.1) is 5.82 Å². The third kappa shape index (κ3) is 3.78. The lowest BCUT2D eigenvalue weighted by Crippen LogP contribution is -2.30. The van der Waals surface area contributed by atoms with Gasteiger partial charge in [-0.2, -0.15) is 0 Å². The minimum absolute atomic E-state index is 0.274. The van der Waals surface area contributed by atoms with Gasteiger partial charge in [0.15, 0.2) is 0 Å². The van der Waals surface area contributed by atoms with Crippen molar-refractivity contribution >= 4 is 21.9 Å². The molecule has 0 heterocycles. The zero-order chi connectivity index (χ0) is 12.8. The van der Waals surface area contributed by atoms with E-state index >= 15 is 0 Å². The molecule has 94 valence electrons. The molecule has 0 aliphatic rings. The van der Waals surface area contributed by atoms with Gasteiger partial charge in [0.2, 0.25) is 0 Å². The van der Waals surface area contributed by atoms with Crippen molar-refractivity contribution in [2.45, 2.75) is 19.9 Å². The average Bonchev–Trinajstić information content (AvgIpc) is 2.30. The van der Waals surface area contributed by atoms with Crippen molar-refractivity contribution in [3.63, 3.8) is 0 Å². The molecule has 1 unspecified atom stereocenters. The first kappa shape index (κ1) is 14.1. The van der Waals surface area contributed by atoms with Gasteiger partial charge in [0, 0.05) is 10.0 Å². The molecule has 1 rings (SSSR count). The Morgan fingerprint density at radius 2 is 2.24 bits per heavy atom. The molecular weight excluding hydrogens is 289 g/mol. The molecular formula is C12H15BrFNO2. The highest BCUT2D eigenvalue weighted by atomic mass is 79.9. The van der Waals surface area contributed by atoms with Gasteiger partial charge < -0.3 is 10.1 Å². The third-order valence-corrected chi connectivity index (χ3v) is 2.69. The quantitative estimate of drug-likeness (QED) is 0.850. The van der Waals surface area contributed by atoms with Crippen LogP contribution in [-0.4, -0.2) is 19.1 Å². The van der Waals surface area contributed by atoms with Gasteiger partial charge in [-0.3, -0.25) is 0 Å². The van der Waals surface area contributed by atoms with E-state index in [4.69, 9.17) is 4.74 Å². The number of hydrogen-bond donors (Lipinski definition) is 1. The summed E-state index contributed by atoms with van der Waals surface area (Å²) in [6.45, 7) is 4.39. The van der Waals surface area contributed by atoms with E-state index in [-0.39, 0.29) is 6.61 Å². The molecule has 0 amide bonds. The van der Waals surface area contributed by atoms with Crippen LogP contribution in [0.2, 0.25) is 0 Å². The molecule has 0 bridgehead atoms. The van der Waals surface area contributed by atoms with Crippen LogP contribution in [0.4, 0.5) is 4.39 Å². The van der Waals surface area contributed by atoms with Gasteiger partial charge in [-0.25, -0.2) is 9.18 Å². The number of halogens is 2. The summed E-state index contributed by atoms with van der Waals surface area (Å²) >= 11 is 3.26. The highest BCUT2D eigenvalue weighted by molar-refractivity contribution is 9.10. The fraction of sp³-hybridized carbons (Fsp3) is 0.417. The fourth-order valence-electron chi connectivity index (χ4n) is 1.49.